The molecule has 0 radical (unpaired) electrons. The molecule has 4 N–H and O–H groups in total. The molecule has 0 saturated heterocycles. The van der Waals surface area contributed by atoms with Crippen molar-refractivity contribution >= 4 is 38.2 Å². The van der Waals surface area contributed by atoms with Crippen LogP contribution in [0, 0.1) is 23.3 Å². The number of allylic oxidation sites excluding steroid dienone is 2. The van der Waals surface area contributed by atoms with Crippen LogP contribution in [0.2, 0.25) is 0 Å². The van der Waals surface area contributed by atoms with Crippen molar-refractivity contribution in [2.24, 2.45) is 10.7 Å². The minimum atomic E-state index is -4.84. The van der Waals surface area contributed by atoms with Gasteiger partial charge in [0.1, 0.15) is 28.0 Å². The van der Waals surface area contributed by atoms with Crippen molar-refractivity contribution in [3.63, 3.8) is 0 Å². The normalized spacial score (nSPS) is 12.7. The number of aliphatic imine (C=N–C) groups is 1. The molecule has 0 amide bonds. The number of nitrogens with zero attached hydrogens (tertiary/aromatic N) is 2. The van der Waals surface area contributed by atoms with Crippen LogP contribution in [0.25, 0.3) is 11.0 Å². The number of anilines is 1. The zero-order valence-electron chi connectivity index (χ0n) is 19.8. The summed E-state index contributed by atoms with van der Waals surface area (Å²) in [6, 6.07) is 4.61. The van der Waals surface area contributed by atoms with Gasteiger partial charge in [-0.1, -0.05) is 0 Å². The zero-order chi connectivity index (χ0) is 27.8. The molecule has 4 aromatic rings. The summed E-state index contributed by atoms with van der Waals surface area (Å²) in [6.07, 6.45) is 4.25. The molecule has 0 aliphatic rings. The maximum absolute atomic E-state index is 15.4. The number of sulfonamides is 1. The van der Waals surface area contributed by atoms with Crippen LogP contribution in [-0.2, 0) is 10.0 Å². The number of nitrogens with two attached hydrogens (primary N) is 1. The summed E-state index contributed by atoms with van der Waals surface area (Å²) < 4.78 is 84.6. The monoisotopic (exact) mass is 545 g/mol. The van der Waals surface area contributed by atoms with Gasteiger partial charge in [0.2, 0.25) is 5.78 Å². The average molecular weight is 546 g/mol. The molecule has 0 atom stereocenters. The first-order valence-corrected chi connectivity index (χ1v) is 12.3. The number of H-pyrrole nitrogens is 1. The average Bonchev–Trinajstić information content (AvgIpc) is 3.29. The lowest BCUT2D eigenvalue weighted by atomic mass is 10.0. The van der Waals surface area contributed by atoms with Crippen LogP contribution in [0.1, 0.15) is 28.4 Å². The number of nitrogens with one attached hydrogen (secondary N) is 2. The van der Waals surface area contributed by atoms with E-state index in [2.05, 4.69) is 15.0 Å². The lowest BCUT2D eigenvalue weighted by Gasteiger charge is -2.12. The van der Waals surface area contributed by atoms with E-state index in [9.17, 15) is 26.4 Å². The summed E-state index contributed by atoms with van der Waals surface area (Å²) in [4.78, 5) is 23.3. The van der Waals surface area contributed by atoms with Crippen molar-refractivity contribution < 1.29 is 30.8 Å². The predicted molar refractivity (Wildman–Crippen MR) is 133 cm³/mol. The fraction of sp³-hybridized carbons (Fsp3) is 0.0800. The van der Waals surface area contributed by atoms with Gasteiger partial charge >= 0.3 is 0 Å². The van der Waals surface area contributed by atoms with Crippen molar-refractivity contribution in [2.45, 2.75) is 11.8 Å². The topological polar surface area (TPSA) is 130 Å². The van der Waals surface area contributed by atoms with Crippen LogP contribution in [0.4, 0.5) is 23.2 Å². The Morgan fingerprint density at radius 3 is 2.50 bits per heavy atom. The second-order valence-corrected chi connectivity index (χ2v) is 9.76. The molecule has 196 valence electrons. The number of hydrogen-bond donors (Lipinski definition) is 3. The molecule has 2 heterocycles. The summed E-state index contributed by atoms with van der Waals surface area (Å²) in [6.45, 7) is 1.65. The number of rotatable bonds is 7. The van der Waals surface area contributed by atoms with Gasteiger partial charge < -0.3 is 10.7 Å². The van der Waals surface area contributed by atoms with E-state index in [-0.39, 0.29) is 16.6 Å². The second-order valence-electron chi connectivity index (χ2n) is 8.11. The third-order valence-electron chi connectivity index (χ3n) is 5.42. The predicted octanol–water partition coefficient (Wildman–Crippen LogP) is 4.43. The van der Waals surface area contributed by atoms with Gasteiger partial charge in [-0.3, -0.25) is 14.5 Å². The van der Waals surface area contributed by atoms with Gasteiger partial charge in [-0.25, -0.2) is 31.0 Å². The molecule has 2 aromatic heterocycles. The third kappa shape index (κ3) is 5.00. The number of pyridine rings is 1. The Balaban J connectivity index is 1.78. The number of benzene rings is 2. The van der Waals surface area contributed by atoms with Gasteiger partial charge in [0, 0.05) is 41.7 Å². The summed E-state index contributed by atoms with van der Waals surface area (Å²) in [5, 5.41) is 0.211. The standard InChI is InChI=1S/C25H19F4N5O3S/c1-12(30)7-20(31-2)13-8-15-16(11-33-25(15)32-10-13)24(35)22-18(28)5-6-19(23(22)29)34-38(36,37)21-9-14(26)3-4-17(21)27/h3-11,34H,30H2,1-2H3,(H,32,33). The molecule has 0 bridgehead atoms. The third-order valence-corrected chi connectivity index (χ3v) is 6.80. The Hall–Kier alpha value is -4.52. The number of halogens is 4. The summed E-state index contributed by atoms with van der Waals surface area (Å²) in [5.74, 6) is -6.30. The first-order valence-electron chi connectivity index (χ1n) is 10.8. The maximum atomic E-state index is 15.4. The van der Waals surface area contributed by atoms with Crippen LogP contribution >= 0.6 is 0 Å². The van der Waals surface area contributed by atoms with E-state index in [0.717, 1.165) is 6.07 Å². The molecule has 0 saturated carbocycles. The molecule has 13 heteroatoms. The highest BCUT2D eigenvalue weighted by Crippen LogP contribution is 2.29. The van der Waals surface area contributed by atoms with Gasteiger partial charge in [0.25, 0.3) is 10.0 Å². The van der Waals surface area contributed by atoms with E-state index < -0.39 is 55.2 Å². The SMILES string of the molecule is CN=C(C=C(C)N)c1cnc2[nH]cc(C(=O)c3c(F)ccc(NS(=O)(=O)c4cc(F)ccc4F)c3F)c2c1. The van der Waals surface area contributed by atoms with E-state index in [4.69, 9.17) is 5.73 Å². The second kappa shape index (κ2) is 10.1. The largest absolute Gasteiger partial charge is 0.402 e. The smallest absolute Gasteiger partial charge is 0.265 e. The van der Waals surface area contributed by atoms with E-state index >= 15 is 4.39 Å². The Kier molecular flexibility index (Phi) is 7.05. The fourth-order valence-electron chi connectivity index (χ4n) is 3.68. The van der Waals surface area contributed by atoms with Crippen molar-refractivity contribution in [3.8, 4) is 0 Å². The molecule has 4 rings (SSSR count). The van der Waals surface area contributed by atoms with Crippen LogP contribution in [0.5, 0.6) is 0 Å². The van der Waals surface area contributed by atoms with Crippen molar-refractivity contribution in [2.75, 3.05) is 11.8 Å². The van der Waals surface area contributed by atoms with Crippen LogP contribution in [-0.4, -0.2) is 36.9 Å². The minimum Gasteiger partial charge on any atom is -0.402 e. The highest BCUT2D eigenvalue weighted by Gasteiger charge is 2.27. The number of aromatic nitrogens is 2. The molecule has 0 unspecified atom stereocenters. The van der Waals surface area contributed by atoms with Crippen molar-refractivity contribution in [1.29, 1.82) is 0 Å². The Morgan fingerprint density at radius 1 is 1.11 bits per heavy atom. The van der Waals surface area contributed by atoms with Crippen LogP contribution < -0.4 is 10.5 Å². The Bertz CT molecular complexity index is 1760. The van der Waals surface area contributed by atoms with Crippen molar-refractivity contribution in [3.05, 3.63) is 101 Å². The van der Waals surface area contributed by atoms with Crippen LogP contribution in [0.3, 0.4) is 0 Å². The van der Waals surface area contributed by atoms with Crippen molar-refractivity contribution in [1.82, 2.24) is 9.97 Å². The van der Waals surface area contributed by atoms with Crippen LogP contribution in [0.15, 0.2) is 70.5 Å². The molecular formula is C25H19F4N5O3S. The molecular weight excluding hydrogens is 526 g/mol. The molecule has 2 aromatic carbocycles. The first kappa shape index (κ1) is 26.5. The first-order chi connectivity index (χ1) is 17.9. The number of fused-ring (bicyclic) bond motifs is 1. The molecule has 8 nitrogen and oxygen atoms in total. The minimum absolute atomic E-state index is 0.160. The summed E-state index contributed by atoms with van der Waals surface area (Å²) in [5.41, 5.74) is 5.25. The van der Waals surface area contributed by atoms with E-state index in [0.29, 0.717) is 41.2 Å². The summed E-state index contributed by atoms with van der Waals surface area (Å²) in [7, 11) is -3.32. The quantitative estimate of drug-likeness (QED) is 0.180. The van der Waals surface area contributed by atoms with E-state index in [1.54, 1.807) is 17.7 Å². The number of ketones is 1. The molecule has 0 aliphatic heterocycles. The lowest BCUT2D eigenvalue weighted by Crippen LogP contribution is -2.18. The molecule has 38 heavy (non-hydrogen) atoms. The summed E-state index contributed by atoms with van der Waals surface area (Å²) >= 11 is 0. The Morgan fingerprint density at radius 2 is 1.82 bits per heavy atom. The van der Waals surface area contributed by atoms with Gasteiger partial charge in [-0.15, -0.1) is 0 Å². The highest BCUT2D eigenvalue weighted by molar-refractivity contribution is 7.92. The fourth-order valence-corrected chi connectivity index (χ4v) is 4.83. The van der Waals surface area contributed by atoms with Gasteiger partial charge in [0.15, 0.2) is 5.82 Å². The Labute approximate surface area is 214 Å². The number of carbonyl (C=O) groups is 1. The zero-order valence-corrected chi connectivity index (χ0v) is 20.6. The van der Waals surface area contributed by atoms with Gasteiger partial charge in [-0.2, -0.15) is 0 Å². The van der Waals surface area contributed by atoms with E-state index in [1.165, 1.54) is 25.5 Å². The number of hydrogen-bond acceptors (Lipinski definition) is 6. The van der Waals surface area contributed by atoms with Gasteiger partial charge in [-0.05, 0) is 49.4 Å². The molecule has 0 fully saturated rings. The number of carbonyl (C=O) groups excluding carboxylic acids is 1. The number of aromatic amines is 1. The van der Waals surface area contributed by atoms with E-state index in [1.807, 2.05) is 0 Å². The molecule has 0 spiro atoms. The molecule has 0 aliphatic carbocycles. The maximum Gasteiger partial charge on any atom is 0.265 e. The van der Waals surface area contributed by atoms with Gasteiger partial charge in [0.05, 0.1) is 17.0 Å². The lowest BCUT2D eigenvalue weighted by molar-refractivity contribution is 0.103. The highest BCUT2D eigenvalue weighted by atomic mass is 32.2.